The molecule has 0 unspecified atom stereocenters. The molecule has 0 saturated heterocycles. The number of halogens is 1. The second-order valence-corrected chi connectivity index (χ2v) is 6.20. The van der Waals surface area contributed by atoms with E-state index in [1.165, 1.54) is 21.9 Å². The maximum absolute atomic E-state index is 4.27. The summed E-state index contributed by atoms with van der Waals surface area (Å²) >= 11 is 1.71. The number of thiophene rings is 1. The van der Waals surface area contributed by atoms with Crippen molar-refractivity contribution in [2.75, 3.05) is 13.6 Å². The fourth-order valence-electron chi connectivity index (χ4n) is 2.52. The van der Waals surface area contributed by atoms with E-state index in [4.69, 9.17) is 0 Å². The van der Waals surface area contributed by atoms with Gasteiger partial charge in [0.25, 0.3) is 0 Å². The minimum Gasteiger partial charge on any atom is -0.356 e. The summed E-state index contributed by atoms with van der Waals surface area (Å²) in [4.78, 5) is 4.27. The molecule has 0 spiro atoms. The highest BCUT2D eigenvalue weighted by atomic mass is 127. The lowest BCUT2D eigenvalue weighted by molar-refractivity contribution is 0.796. The van der Waals surface area contributed by atoms with E-state index < -0.39 is 0 Å². The minimum absolute atomic E-state index is 0. The first kappa shape index (κ1) is 18.7. The molecule has 3 nitrogen and oxygen atoms in total. The van der Waals surface area contributed by atoms with Crippen molar-refractivity contribution in [3.05, 3.63) is 70.4 Å². The molecule has 0 atom stereocenters. The van der Waals surface area contributed by atoms with Crippen molar-refractivity contribution in [3.63, 3.8) is 0 Å². The number of nitrogens with one attached hydrogen (secondary N) is 2. The molecule has 5 heteroatoms. The van der Waals surface area contributed by atoms with Crippen LogP contribution in [0.25, 0.3) is 10.8 Å². The van der Waals surface area contributed by atoms with E-state index in [0.29, 0.717) is 0 Å². The summed E-state index contributed by atoms with van der Waals surface area (Å²) in [7, 11) is 1.80. The average molecular weight is 451 g/mol. The number of benzene rings is 2. The summed E-state index contributed by atoms with van der Waals surface area (Å²) in [5, 5.41) is 13.5. The Kier molecular flexibility index (Phi) is 7.52. The lowest BCUT2D eigenvalue weighted by Crippen LogP contribution is -2.37. The zero-order chi connectivity index (χ0) is 15.9. The third-order valence-corrected chi connectivity index (χ3v) is 4.52. The second kappa shape index (κ2) is 9.64. The molecular weight excluding hydrogens is 429 g/mol. The molecule has 2 aromatic carbocycles. The fraction of sp³-hybridized carbons (Fsp3) is 0.211. The molecule has 3 rings (SSSR count). The third-order valence-electron chi connectivity index (χ3n) is 3.78. The lowest BCUT2D eigenvalue weighted by atomic mass is 10.1. The Morgan fingerprint density at radius 2 is 1.83 bits per heavy atom. The molecule has 1 aromatic heterocycles. The maximum Gasteiger partial charge on any atom is 0.191 e. The van der Waals surface area contributed by atoms with Gasteiger partial charge in [-0.15, -0.1) is 24.0 Å². The third kappa shape index (κ3) is 5.21. The van der Waals surface area contributed by atoms with Gasteiger partial charge in [0.15, 0.2) is 5.96 Å². The van der Waals surface area contributed by atoms with Crippen LogP contribution in [-0.2, 0) is 13.0 Å². The van der Waals surface area contributed by atoms with Gasteiger partial charge in [0.2, 0.25) is 0 Å². The van der Waals surface area contributed by atoms with Crippen LogP contribution in [0, 0.1) is 0 Å². The van der Waals surface area contributed by atoms with Crippen LogP contribution in [0.3, 0.4) is 0 Å². The molecule has 0 fully saturated rings. The van der Waals surface area contributed by atoms with E-state index in [9.17, 15) is 0 Å². The Balaban J connectivity index is 0.00000208. The molecule has 0 saturated carbocycles. The first-order valence-electron chi connectivity index (χ1n) is 7.78. The van der Waals surface area contributed by atoms with E-state index in [0.717, 1.165) is 25.5 Å². The van der Waals surface area contributed by atoms with E-state index in [-0.39, 0.29) is 24.0 Å². The molecule has 0 amide bonds. The Labute approximate surface area is 164 Å². The highest BCUT2D eigenvalue weighted by Gasteiger charge is 2.00. The van der Waals surface area contributed by atoms with Gasteiger partial charge in [0.05, 0.1) is 0 Å². The molecule has 126 valence electrons. The van der Waals surface area contributed by atoms with Gasteiger partial charge in [0, 0.05) is 20.1 Å². The number of hydrogen-bond donors (Lipinski definition) is 2. The summed E-state index contributed by atoms with van der Waals surface area (Å²) in [6.07, 6.45) is 0.976. The second-order valence-electron chi connectivity index (χ2n) is 5.42. The van der Waals surface area contributed by atoms with Crippen LogP contribution in [-0.4, -0.2) is 19.6 Å². The number of hydrogen-bond acceptors (Lipinski definition) is 2. The van der Waals surface area contributed by atoms with Gasteiger partial charge in [-0.2, -0.15) is 11.3 Å². The van der Waals surface area contributed by atoms with Gasteiger partial charge >= 0.3 is 0 Å². The number of fused-ring (bicyclic) bond motifs is 1. The van der Waals surface area contributed by atoms with Crippen LogP contribution >= 0.6 is 35.3 Å². The predicted octanol–water partition coefficient (Wildman–Crippen LogP) is 4.43. The monoisotopic (exact) mass is 451 g/mol. The summed E-state index contributed by atoms with van der Waals surface area (Å²) in [6, 6.07) is 17.2. The van der Waals surface area contributed by atoms with Crippen LogP contribution in [0.4, 0.5) is 0 Å². The molecule has 0 aliphatic heterocycles. The molecule has 0 radical (unpaired) electrons. The molecular formula is C19H22IN3S. The normalized spacial score (nSPS) is 11.1. The summed E-state index contributed by atoms with van der Waals surface area (Å²) in [5.74, 6) is 0.844. The van der Waals surface area contributed by atoms with Crippen molar-refractivity contribution in [1.82, 2.24) is 10.6 Å². The van der Waals surface area contributed by atoms with Gasteiger partial charge in [-0.3, -0.25) is 4.99 Å². The Morgan fingerprint density at radius 3 is 2.58 bits per heavy atom. The van der Waals surface area contributed by atoms with Gasteiger partial charge in [0.1, 0.15) is 0 Å². The maximum atomic E-state index is 4.27. The number of nitrogens with zero attached hydrogens (tertiary/aromatic N) is 1. The SMILES string of the molecule is CN=C(NCCc1ccc2ccccc2c1)NCc1ccsc1.I. The molecule has 24 heavy (non-hydrogen) atoms. The molecule has 2 N–H and O–H groups in total. The van der Waals surface area contributed by atoms with Crippen molar-refractivity contribution >= 4 is 52.0 Å². The standard InChI is InChI=1S/C19H21N3S.HI/c1-20-19(22-13-16-9-11-23-14-16)21-10-8-15-6-7-17-4-2-3-5-18(17)12-15;/h2-7,9,11-12,14H,8,10,13H2,1H3,(H2,20,21,22);1H. The van der Waals surface area contributed by atoms with Crippen molar-refractivity contribution in [2.24, 2.45) is 4.99 Å². The zero-order valence-electron chi connectivity index (χ0n) is 13.7. The van der Waals surface area contributed by atoms with Crippen molar-refractivity contribution in [2.45, 2.75) is 13.0 Å². The predicted molar refractivity (Wildman–Crippen MR) is 116 cm³/mol. The average Bonchev–Trinajstić information content (AvgIpc) is 3.11. The van der Waals surface area contributed by atoms with Crippen LogP contribution in [0.15, 0.2) is 64.3 Å². The van der Waals surface area contributed by atoms with Gasteiger partial charge < -0.3 is 10.6 Å². The zero-order valence-corrected chi connectivity index (χ0v) is 16.8. The minimum atomic E-state index is 0. The fourth-order valence-corrected chi connectivity index (χ4v) is 3.19. The highest BCUT2D eigenvalue weighted by molar-refractivity contribution is 14.0. The number of aliphatic imine (C=N–C) groups is 1. The first-order chi connectivity index (χ1) is 11.3. The molecule has 0 aliphatic rings. The summed E-state index contributed by atoms with van der Waals surface area (Å²) < 4.78 is 0. The van der Waals surface area contributed by atoms with Crippen LogP contribution in [0.1, 0.15) is 11.1 Å². The summed E-state index contributed by atoms with van der Waals surface area (Å²) in [5.41, 5.74) is 2.62. The summed E-state index contributed by atoms with van der Waals surface area (Å²) in [6.45, 7) is 1.67. The van der Waals surface area contributed by atoms with E-state index >= 15 is 0 Å². The number of guanidine groups is 1. The van der Waals surface area contributed by atoms with Crippen LogP contribution in [0.2, 0.25) is 0 Å². The number of rotatable bonds is 5. The van der Waals surface area contributed by atoms with Crippen molar-refractivity contribution < 1.29 is 0 Å². The molecule has 3 aromatic rings. The Bertz CT molecular complexity index is 784. The van der Waals surface area contributed by atoms with Crippen molar-refractivity contribution in [1.29, 1.82) is 0 Å². The van der Waals surface area contributed by atoms with Crippen LogP contribution < -0.4 is 10.6 Å². The van der Waals surface area contributed by atoms with Gasteiger partial charge in [-0.05, 0) is 45.1 Å². The van der Waals surface area contributed by atoms with Crippen molar-refractivity contribution in [3.8, 4) is 0 Å². The highest BCUT2D eigenvalue weighted by Crippen LogP contribution is 2.15. The van der Waals surface area contributed by atoms with Gasteiger partial charge in [-0.1, -0.05) is 42.5 Å². The first-order valence-corrected chi connectivity index (χ1v) is 8.73. The largest absolute Gasteiger partial charge is 0.356 e. The van der Waals surface area contributed by atoms with E-state index in [2.05, 4.69) is 74.9 Å². The molecule has 0 bridgehead atoms. The smallest absolute Gasteiger partial charge is 0.191 e. The molecule has 1 heterocycles. The molecule has 0 aliphatic carbocycles. The van der Waals surface area contributed by atoms with E-state index in [1.807, 2.05) is 0 Å². The lowest BCUT2D eigenvalue weighted by Gasteiger charge is -2.11. The quantitative estimate of drug-likeness (QED) is 0.342. The van der Waals surface area contributed by atoms with Crippen LogP contribution in [0.5, 0.6) is 0 Å². The Morgan fingerprint density at radius 1 is 1.00 bits per heavy atom. The van der Waals surface area contributed by atoms with E-state index in [1.54, 1.807) is 18.4 Å². The topological polar surface area (TPSA) is 36.4 Å². The Hall–Kier alpha value is -1.60. The van der Waals surface area contributed by atoms with Gasteiger partial charge in [-0.25, -0.2) is 0 Å².